The highest BCUT2D eigenvalue weighted by atomic mass is 19.4. The van der Waals surface area contributed by atoms with Crippen molar-refractivity contribution in [1.29, 1.82) is 0 Å². The third-order valence-electron chi connectivity index (χ3n) is 8.91. The number of nitrogens with zero attached hydrogens (tertiary/aromatic N) is 2. The molecule has 2 N–H and O–H groups in total. The SMILES string of the molecule is CC1(C)CN(Cc2ccc(C(F)(F)F)cc2)CCC1(O)c1ccc2c3c(cccc13)N(C1CCC(=O)NC1=O)C2=O. The summed E-state index contributed by atoms with van der Waals surface area (Å²) >= 11 is 0. The molecular formula is C31H30F3N3O4. The molecule has 3 aliphatic heterocycles. The molecule has 0 aliphatic carbocycles. The second-order valence-electron chi connectivity index (χ2n) is 11.9. The maximum Gasteiger partial charge on any atom is 0.416 e. The molecule has 2 fully saturated rings. The van der Waals surface area contributed by atoms with Crippen LogP contribution in [-0.4, -0.2) is 46.9 Å². The predicted octanol–water partition coefficient (Wildman–Crippen LogP) is 4.74. The minimum atomic E-state index is -4.38. The van der Waals surface area contributed by atoms with Gasteiger partial charge >= 0.3 is 6.18 Å². The van der Waals surface area contributed by atoms with Crippen LogP contribution in [-0.2, 0) is 27.9 Å². The fourth-order valence-electron chi connectivity index (χ4n) is 6.72. The highest BCUT2D eigenvalue weighted by molar-refractivity contribution is 6.27. The molecule has 41 heavy (non-hydrogen) atoms. The van der Waals surface area contributed by atoms with E-state index in [1.54, 1.807) is 24.3 Å². The van der Waals surface area contributed by atoms with Gasteiger partial charge in [0.25, 0.3) is 5.91 Å². The van der Waals surface area contributed by atoms with Crippen molar-refractivity contribution in [3.63, 3.8) is 0 Å². The average molecular weight is 566 g/mol. The summed E-state index contributed by atoms with van der Waals surface area (Å²) in [6.07, 6.45) is -3.62. The van der Waals surface area contributed by atoms with Crippen LogP contribution in [0, 0.1) is 5.41 Å². The Bertz CT molecular complexity index is 1580. The Morgan fingerprint density at radius 3 is 2.41 bits per heavy atom. The molecule has 6 rings (SSSR count). The first-order chi connectivity index (χ1) is 19.3. The van der Waals surface area contributed by atoms with Crippen molar-refractivity contribution < 1.29 is 32.7 Å². The summed E-state index contributed by atoms with van der Waals surface area (Å²) in [4.78, 5) is 41.5. The summed E-state index contributed by atoms with van der Waals surface area (Å²) in [5.74, 6) is -1.17. The number of imide groups is 1. The van der Waals surface area contributed by atoms with Gasteiger partial charge in [0.1, 0.15) is 6.04 Å². The molecule has 0 radical (unpaired) electrons. The van der Waals surface area contributed by atoms with Gasteiger partial charge < -0.3 is 5.11 Å². The van der Waals surface area contributed by atoms with Gasteiger partial charge in [-0.05, 0) is 53.6 Å². The fourth-order valence-corrected chi connectivity index (χ4v) is 6.72. The quantitative estimate of drug-likeness (QED) is 0.446. The number of carbonyl (C=O) groups is 3. The molecule has 3 aliphatic rings. The number of rotatable bonds is 4. The second-order valence-corrected chi connectivity index (χ2v) is 11.9. The summed E-state index contributed by atoms with van der Waals surface area (Å²) in [5, 5.41) is 16.0. The number of piperidine rings is 2. The number of likely N-dealkylation sites (tertiary alicyclic amines) is 1. The number of benzene rings is 3. The topological polar surface area (TPSA) is 89.9 Å². The molecular weight excluding hydrogens is 535 g/mol. The van der Waals surface area contributed by atoms with Gasteiger partial charge in [-0.2, -0.15) is 13.2 Å². The first-order valence-corrected chi connectivity index (χ1v) is 13.6. The van der Waals surface area contributed by atoms with Gasteiger partial charge in [-0.3, -0.25) is 29.5 Å². The highest BCUT2D eigenvalue weighted by Crippen LogP contribution is 2.51. The van der Waals surface area contributed by atoms with E-state index in [9.17, 15) is 32.7 Å². The van der Waals surface area contributed by atoms with Crippen LogP contribution in [0.15, 0.2) is 54.6 Å². The van der Waals surface area contributed by atoms with E-state index < -0.39 is 34.7 Å². The summed E-state index contributed by atoms with van der Waals surface area (Å²) in [6, 6.07) is 13.3. The van der Waals surface area contributed by atoms with Gasteiger partial charge in [0.2, 0.25) is 11.8 Å². The Morgan fingerprint density at radius 1 is 1.02 bits per heavy atom. The lowest BCUT2D eigenvalue weighted by Gasteiger charge is -2.51. The van der Waals surface area contributed by atoms with E-state index in [1.807, 2.05) is 19.9 Å². The van der Waals surface area contributed by atoms with Gasteiger partial charge in [-0.15, -0.1) is 0 Å². The van der Waals surface area contributed by atoms with E-state index in [0.717, 1.165) is 23.1 Å². The van der Waals surface area contributed by atoms with E-state index in [4.69, 9.17) is 0 Å². The summed E-state index contributed by atoms with van der Waals surface area (Å²) in [7, 11) is 0. The molecule has 0 spiro atoms. The van der Waals surface area contributed by atoms with Crippen molar-refractivity contribution >= 4 is 34.2 Å². The van der Waals surface area contributed by atoms with Gasteiger partial charge in [-0.25, -0.2) is 0 Å². The number of hydrogen-bond acceptors (Lipinski definition) is 5. The van der Waals surface area contributed by atoms with Gasteiger partial charge in [0, 0.05) is 42.4 Å². The number of carbonyl (C=O) groups excluding carboxylic acids is 3. The largest absolute Gasteiger partial charge is 0.416 e. The third kappa shape index (κ3) is 4.40. The minimum absolute atomic E-state index is 0.147. The molecule has 2 saturated heterocycles. The van der Waals surface area contributed by atoms with Crippen LogP contribution in [0.3, 0.4) is 0 Å². The maximum absolute atomic E-state index is 13.5. The van der Waals surface area contributed by atoms with Gasteiger partial charge in [0.15, 0.2) is 0 Å². The smallest absolute Gasteiger partial charge is 0.384 e. The molecule has 2 atom stereocenters. The van der Waals surface area contributed by atoms with E-state index in [0.29, 0.717) is 48.3 Å². The number of aliphatic hydroxyl groups is 1. The Labute approximate surface area is 234 Å². The van der Waals surface area contributed by atoms with Crippen molar-refractivity contribution in [2.45, 2.75) is 57.5 Å². The third-order valence-corrected chi connectivity index (χ3v) is 8.91. The maximum atomic E-state index is 13.5. The number of nitrogens with one attached hydrogen (secondary N) is 1. The van der Waals surface area contributed by atoms with E-state index in [1.165, 1.54) is 17.0 Å². The Kier molecular flexibility index (Phi) is 6.28. The van der Waals surface area contributed by atoms with Crippen molar-refractivity contribution in [2.75, 3.05) is 18.0 Å². The second kappa shape index (κ2) is 9.39. The summed E-state index contributed by atoms with van der Waals surface area (Å²) < 4.78 is 38.9. The van der Waals surface area contributed by atoms with Gasteiger partial charge in [-0.1, -0.05) is 44.2 Å². The molecule has 3 amide bonds. The highest BCUT2D eigenvalue weighted by Gasteiger charge is 2.50. The van der Waals surface area contributed by atoms with Crippen LogP contribution in [0.1, 0.15) is 60.2 Å². The van der Waals surface area contributed by atoms with Crippen LogP contribution in [0.2, 0.25) is 0 Å². The molecule has 2 unspecified atom stereocenters. The predicted molar refractivity (Wildman–Crippen MR) is 146 cm³/mol. The van der Waals surface area contributed by atoms with Crippen molar-refractivity contribution in [2.24, 2.45) is 5.41 Å². The number of hydrogen-bond donors (Lipinski definition) is 2. The summed E-state index contributed by atoms with van der Waals surface area (Å²) in [5.41, 5.74) is -0.108. The molecule has 0 saturated carbocycles. The van der Waals surface area contributed by atoms with Gasteiger partial charge in [0.05, 0.1) is 16.9 Å². The molecule has 7 nitrogen and oxygen atoms in total. The molecule has 10 heteroatoms. The molecule has 0 bridgehead atoms. The van der Waals surface area contributed by atoms with Crippen LogP contribution in [0.4, 0.5) is 18.9 Å². The number of alkyl halides is 3. The average Bonchev–Trinajstić information content (AvgIpc) is 3.19. The first kappa shape index (κ1) is 27.4. The minimum Gasteiger partial charge on any atom is -0.384 e. The fraction of sp³-hybridized carbons (Fsp3) is 0.387. The number of amides is 3. The Balaban J connectivity index is 1.30. The van der Waals surface area contributed by atoms with Crippen LogP contribution >= 0.6 is 0 Å². The lowest BCUT2D eigenvalue weighted by molar-refractivity contribution is -0.138. The molecule has 3 aromatic carbocycles. The molecule has 3 aromatic rings. The number of anilines is 1. The lowest BCUT2D eigenvalue weighted by atomic mass is 9.65. The summed E-state index contributed by atoms with van der Waals surface area (Å²) in [6.45, 7) is 5.41. The van der Waals surface area contributed by atoms with E-state index in [-0.39, 0.29) is 24.7 Å². The van der Waals surface area contributed by atoms with Crippen LogP contribution < -0.4 is 10.2 Å². The lowest BCUT2D eigenvalue weighted by Crippen LogP contribution is -2.55. The Morgan fingerprint density at radius 2 is 1.76 bits per heavy atom. The zero-order valence-electron chi connectivity index (χ0n) is 22.7. The van der Waals surface area contributed by atoms with Crippen molar-refractivity contribution in [1.82, 2.24) is 10.2 Å². The van der Waals surface area contributed by atoms with E-state index in [2.05, 4.69) is 10.2 Å². The molecule has 0 aromatic heterocycles. The zero-order valence-corrected chi connectivity index (χ0v) is 22.7. The zero-order chi connectivity index (χ0) is 29.3. The normalized spacial score (nSPS) is 24.7. The van der Waals surface area contributed by atoms with E-state index >= 15 is 0 Å². The molecule has 3 heterocycles. The Hall–Kier alpha value is -3.76. The van der Waals surface area contributed by atoms with Crippen LogP contribution in [0.25, 0.3) is 10.8 Å². The van der Waals surface area contributed by atoms with Crippen LogP contribution in [0.5, 0.6) is 0 Å². The first-order valence-electron chi connectivity index (χ1n) is 13.6. The monoisotopic (exact) mass is 565 g/mol. The van der Waals surface area contributed by atoms with Crippen molar-refractivity contribution in [3.8, 4) is 0 Å². The molecule has 214 valence electrons. The van der Waals surface area contributed by atoms with Crippen molar-refractivity contribution in [3.05, 3.63) is 76.9 Å². The standard InChI is InChI=1S/C31H30F3N3O4/c1-29(2)17-36(16-18-6-8-19(9-7-18)31(32,33)34)15-14-30(29,41)22-11-10-21-26-20(22)4-3-5-23(26)37(28(21)40)24-12-13-25(38)35-27(24)39/h3-11,24,41H,12-17H2,1-2H3,(H,35,38,39). The number of halogens is 3.